The number of nitrogens with one attached hydrogen (secondary N) is 1. The highest BCUT2D eigenvalue weighted by atomic mass is 32.1. The van der Waals surface area contributed by atoms with E-state index in [2.05, 4.69) is 15.2 Å². The maximum absolute atomic E-state index is 14.9. The molecule has 8 rings (SSSR count). The number of nitrogens with zero attached hydrogens (tertiary/aromatic N) is 4. The zero-order valence-corrected chi connectivity index (χ0v) is 32.7. The summed E-state index contributed by atoms with van der Waals surface area (Å²) in [7, 11) is 0. The fourth-order valence-corrected chi connectivity index (χ4v) is 9.20. The van der Waals surface area contributed by atoms with E-state index in [0.717, 1.165) is 60.7 Å². The lowest BCUT2D eigenvalue weighted by Crippen LogP contribution is -2.59. The first-order chi connectivity index (χ1) is 27.5. The standard InChI is InChI=1S/C44H44FN7O4S/c1-27-20-35(41(48-23-27)50-25-44(26-50)15-18-56-19-16-44)42(54)49-33-11-8-30(9-12-33)43(55)51-17-14-31-21-37(57-40(31)34-13-10-32(45)22-36(34)51)39(53)38(28(2)46)52(47)24-29-6-4-3-5-7-29/h3-13,20-23H,14-19,24-26,46-47H2,1-2H3,(H,49,54)/b38-28-. The molecule has 0 aliphatic carbocycles. The summed E-state index contributed by atoms with van der Waals surface area (Å²) in [4.78, 5) is 51.3. The first-order valence-electron chi connectivity index (χ1n) is 19.0. The minimum absolute atomic E-state index is 0.196. The number of ether oxygens (including phenoxy) is 1. The molecule has 0 atom stereocenters. The summed E-state index contributed by atoms with van der Waals surface area (Å²) in [6, 6.07) is 24.3. The van der Waals surface area contributed by atoms with Crippen molar-refractivity contribution in [3.63, 3.8) is 0 Å². The highest BCUT2D eigenvalue weighted by Crippen LogP contribution is 2.44. The highest BCUT2D eigenvalue weighted by Gasteiger charge is 2.45. The minimum atomic E-state index is -0.490. The van der Waals surface area contributed by atoms with E-state index in [1.807, 2.05) is 49.4 Å². The number of amides is 2. The van der Waals surface area contributed by atoms with E-state index in [1.165, 1.54) is 28.5 Å². The smallest absolute Gasteiger partial charge is 0.259 e. The van der Waals surface area contributed by atoms with E-state index in [4.69, 9.17) is 16.3 Å². The van der Waals surface area contributed by atoms with Gasteiger partial charge in [-0.15, -0.1) is 11.3 Å². The van der Waals surface area contributed by atoms with Crippen LogP contribution in [-0.2, 0) is 17.7 Å². The molecule has 13 heteroatoms. The third-order valence-electron chi connectivity index (χ3n) is 11.0. The van der Waals surface area contributed by atoms with Crippen LogP contribution < -0.4 is 26.7 Å². The number of rotatable bonds is 9. The lowest BCUT2D eigenvalue weighted by atomic mass is 9.73. The van der Waals surface area contributed by atoms with Crippen LogP contribution in [0.5, 0.6) is 0 Å². The first kappa shape index (κ1) is 38.0. The Morgan fingerprint density at radius 1 is 1.00 bits per heavy atom. The summed E-state index contributed by atoms with van der Waals surface area (Å²) in [6.45, 7) is 7.30. The monoisotopic (exact) mass is 785 g/mol. The van der Waals surface area contributed by atoms with E-state index in [0.29, 0.717) is 50.9 Å². The Hall–Kier alpha value is -5.89. The Kier molecular flexibility index (Phi) is 10.4. The summed E-state index contributed by atoms with van der Waals surface area (Å²) in [5.41, 5.74) is 12.0. The number of ketones is 1. The van der Waals surface area contributed by atoms with Crippen LogP contribution in [0.1, 0.15) is 66.8 Å². The van der Waals surface area contributed by atoms with Crippen LogP contribution in [-0.4, -0.2) is 60.4 Å². The van der Waals surface area contributed by atoms with Gasteiger partial charge in [-0.2, -0.15) is 0 Å². The number of allylic oxidation sites excluding steroid dienone is 2. The van der Waals surface area contributed by atoms with Gasteiger partial charge >= 0.3 is 0 Å². The molecular weight excluding hydrogens is 742 g/mol. The van der Waals surface area contributed by atoms with Crippen molar-refractivity contribution >= 4 is 46.1 Å². The lowest BCUT2D eigenvalue weighted by Gasteiger charge is -2.53. The van der Waals surface area contributed by atoms with Gasteiger partial charge < -0.3 is 30.6 Å². The van der Waals surface area contributed by atoms with E-state index >= 15 is 0 Å². The Labute approximate surface area is 334 Å². The molecule has 3 aliphatic rings. The van der Waals surface area contributed by atoms with Crippen molar-refractivity contribution in [2.24, 2.45) is 17.0 Å². The molecule has 3 aliphatic heterocycles. The van der Waals surface area contributed by atoms with Crippen LogP contribution in [0.4, 0.5) is 21.6 Å². The molecule has 57 heavy (non-hydrogen) atoms. The third-order valence-corrected chi connectivity index (χ3v) is 12.2. The molecule has 0 bridgehead atoms. The second-order valence-corrected chi connectivity index (χ2v) is 16.2. The maximum atomic E-state index is 14.9. The maximum Gasteiger partial charge on any atom is 0.259 e. The molecule has 0 saturated carbocycles. The van der Waals surface area contributed by atoms with E-state index in [1.54, 1.807) is 48.4 Å². The average Bonchev–Trinajstić information content (AvgIpc) is 3.55. The van der Waals surface area contributed by atoms with Crippen molar-refractivity contribution in [3.05, 3.63) is 141 Å². The van der Waals surface area contributed by atoms with Gasteiger partial charge in [0.05, 0.1) is 22.7 Å². The number of hydrogen-bond acceptors (Lipinski definition) is 10. The van der Waals surface area contributed by atoms with Crippen LogP contribution in [0.25, 0.3) is 10.4 Å². The summed E-state index contributed by atoms with van der Waals surface area (Å²) in [6.07, 6.45) is 4.22. The number of nitrogens with two attached hydrogens (primary N) is 2. The number of halogens is 1. The molecule has 1 spiro atoms. The normalized spacial score (nSPS) is 16.1. The van der Waals surface area contributed by atoms with Gasteiger partial charge in [-0.3, -0.25) is 14.4 Å². The lowest BCUT2D eigenvalue weighted by molar-refractivity contribution is -0.000511. The molecule has 0 unspecified atom stereocenters. The van der Waals surface area contributed by atoms with Crippen LogP contribution >= 0.6 is 11.3 Å². The number of aromatic nitrogens is 1. The van der Waals surface area contributed by atoms with Crippen molar-refractivity contribution in [3.8, 4) is 10.4 Å². The number of pyridine rings is 1. The number of carbonyl (C=O) groups excluding carboxylic acids is 3. The summed E-state index contributed by atoms with van der Waals surface area (Å²) in [5, 5.41) is 4.35. The number of carbonyl (C=O) groups is 3. The van der Waals surface area contributed by atoms with E-state index < -0.39 is 5.82 Å². The number of hydrazine groups is 1. The fourth-order valence-electron chi connectivity index (χ4n) is 8.02. The fraction of sp³-hybridized carbons (Fsp3) is 0.273. The van der Waals surface area contributed by atoms with Gasteiger partial charge in [0.25, 0.3) is 11.8 Å². The molecule has 11 nitrogen and oxygen atoms in total. The summed E-state index contributed by atoms with van der Waals surface area (Å²) >= 11 is 1.27. The molecule has 2 aromatic heterocycles. The van der Waals surface area contributed by atoms with Crippen LogP contribution in [0.15, 0.2) is 103 Å². The molecule has 5 heterocycles. The van der Waals surface area contributed by atoms with Gasteiger partial charge in [-0.05, 0) is 104 Å². The second-order valence-electron chi connectivity index (χ2n) is 15.2. The number of hydrogen-bond donors (Lipinski definition) is 3. The van der Waals surface area contributed by atoms with Crippen molar-refractivity contribution in [2.45, 2.75) is 39.7 Å². The predicted molar refractivity (Wildman–Crippen MR) is 221 cm³/mol. The third kappa shape index (κ3) is 7.65. The van der Waals surface area contributed by atoms with Crippen molar-refractivity contribution in [1.29, 1.82) is 0 Å². The number of fused-ring (bicyclic) bond motifs is 3. The van der Waals surface area contributed by atoms with Gasteiger partial charge in [0.2, 0.25) is 5.78 Å². The molecule has 5 N–H and O–H groups in total. The quantitative estimate of drug-likeness (QED) is 0.0618. The second kappa shape index (κ2) is 15.6. The Balaban J connectivity index is 0.993. The van der Waals surface area contributed by atoms with Gasteiger partial charge in [0.15, 0.2) is 0 Å². The molecule has 2 saturated heterocycles. The zero-order chi connectivity index (χ0) is 39.8. The first-order valence-corrected chi connectivity index (χ1v) is 19.8. The van der Waals surface area contributed by atoms with Gasteiger partial charge in [0.1, 0.15) is 17.3 Å². The molecular formula is C44H44FN7O4S. The largest absolute Gasteiger partial charge is 0.400 e. The van der Waals surface area contributed by atoms with E-state index in [-0.39, 0.29) is 41.8 Å². The van der Waals surface area contributed by atoms with Crippen LogP contribution in [0.3, 0.4) is 0 Å². The SMILES string of the molecule is C/C(N)=C(\C(=O)c1cc2c(s1)-c1ccc(F)cc1N(C(=O)c1ccc(NC(=O)c3cc(C)cnc3N3CC4(CCOCC4)C3)cc1)CC2)N(N)Cc1ccccc1. The Morgan fingerprint density at radius 2 is 1.74 bits per heavy atom. The molecule has 292 valence electrons. The van der Waals surface area contributed by atoms with Crippen molar-refractivity contribution < 1.29 is 23.5 Å². The Bertz CT molecular complexity index is 2380. The number of aryl methyl sites for hydroxylation is 1. The van der Waals surface area contributed by atoms with Crippen LogP contribution in [0, 0.1) is 18.2 Å². The van der Waals surface area contributed by atoms with Gasteiger partial charge in [-0.1, -0.05) is 30.3 Å². The molecule has 5 aromatic rings. The minimum Gasteiger partial charge on any atom is -0.400 e. The zero-order valence-electron chi connectivity index (χ0n) is 31.9. The summed E-state index contributed by atoms with van der Waals surface area (Å²) in [5.74, 6) is 5.67. The average molecular weight is 786 g/mol. The summed E-state index contributed by atoms with van der Waals surface area (Å²) < 4.78 is 20.5. The van der Waals surface area contributed by atoms with Gasteiger partial charge in [-0.25, -0.2) is 15.2 Å². The van der Waals surface area contributed by atoms with Crippen molar-refractivity contribution in [1.82, 2.24) is 9.99 Å². The highest BCUT2D eigenvalue weighted by molar-refractivity contribution is 7.17. The molecule has 3 aromatic carbocycles. The number of Topliss-reactive ketones (excluding diaryl/α,β-unsaturated/α-hetero) is 1. The molecule has 0 radical (unpaired) electrons. The van der Waals surface area contributed by atoms with Gasteiger partial charge in [0, 0.05) is 71.8 Å². The molecule has 2 amide bonds. The van der Waals surface area contributed by atoms with Crippen molar-refractivity contribution in [2.75, 3.05) is 48.0 Å². The number of thiophene rings is 1. The van der Waals surface area contributed by atoms with E-state index in [9.17, 15) is 18.8 Å². The molecule has 2 fully saturated rings. The number of benzene rings is 3. The topological polar surface area (TPSA) is 147 Å². The number of anilines is 3. The predicted octanol–water partition coefficient (Wildman–Crippen LogP) is 7.08. The van der Waals surface area contributed by atoms with Crippen LogP contribution in [0.2, 0.25) is 0 Å². The Morgan fingerprint density at radius 3 is 2.46 bits per heavy atom.